The highest BCUT2D eigenvalue weighted by atomic mass is 35.5. The molecule has 3 heterocycles. The van der Waals surface area contributed by atoms with E-state index in [1.165, 1.54) is 16.2 Å². The van der Waals surface area contributed by atoms with Crippen molar-refractivity contribution in [1.29, 1.82) is 0 Å². The number of carbonyl (C=O) groups excluding carboxylic acids is 2. The molecular weight excluding hydrogens is 557 g/mol. The summed E-state index contributed by atoms with van der Waals surface area (Å²) in [4.78, 5) is 44.4. The molecule has 2 N–H and O–H groups in total. The summed E-state index contributed by atoms with van der Waals surface area (Å²) in [5, 5.41) is 14.7. The number of Topliss-reactive ketones (excluding diaryl/α,β-unsaturated/α-hetero) is 1. The Hall–Kier alpha value is -2.40. The number of carbonyl (C=O) groups is 3. The molecule has 200 valence electrons. The molecule has 3 aromatic rings. The number of ether oxygens (including phenoxy) is 1. The molecule has 37 heavy (non-hydrogen) atoms. The number of alkyl carbamates (subject to hydrolysis) is 1. The first-order valence-electron chi connectivity index (χ1n) is 11.4. The molecule has 0 unspecified atom stereocenters. The quantitative estimate of drug-likeness (QED) is 0.212. The molecule has 3 rings (SSSR count). The first-order valence-corrected chi connectivity index (χ1v) is 13.9. The SMILES string of the molecule is C[C@H](NC(=O)OC(C)(C)C)C(=O)c1sc2c(CC(C)(C)N(Cc3cccs3)C(=O)O)cc(Cl)nc2c1Cl. The molecule has 3 aromatic heterocycles. The largest absolute Gasteiger partial charge is 0.465 e. The van der Waals surface area contributed by atoms with Crippen molar-refractivity contribution in [3.63, 3.8) is 0 Å². The van der Waals surface area contributed by atoms with Gasteiger partial charge in [0.1, 0.15) is 16.3 Å². The van der Waals surface area contributed by atoms with Crippen molar-refractivity contribution in [3.8, 4) is 0 Å². The normalized spacial score (nSPS) is 12.9. The number of rotatable bonds is 8. The summed E-state index contributed by atoms with van der Waals surface area (Å²) >= 11 is 15.5. The molecule has 0 saturated carbocycles. The lowest BCUT2D eigenvalue weighted by atomic mass is 9.93. The predicted molar refractivity (Wildman–Crippen MR) is 148 cm³/mol. The Morgan fingerprint density at radius 1 is 1.22 bits per heavy atom. The summed E-state index contributed by atoms with van der Waals surface area (Å²) in [5.41, 5.74) is -0.452. The number of amides is 2. The van der Waals surface area contributed by atoms with Gasteiger partial charge in [-0.3, -0.25) is 9.69 Å². The van der Waals surface area contributed by atoms with Gasteiger partial charge < -0.3 is 15.2 Å². The molecule has 1 atom stereocenters. The van der Waals surface area contributed by atoms with Gasteiger partial charge in [-0.1, -0.05) is 29.3 Å². The van der Waals surface area contributed by atoms with E-state index in [0.717, 1.165) is 21.8 Å². The third kappa shape index (κ3) is 7.13. The molecule has 0 aliphatic carbocycles. The summed E-state index contributed by atoms with van der Waals surface area (Å²) in [7, 11) is 0. The first-order chi connectivity index (χ1) is 17.1. The lowest BCUT2D eigenvalue weighted by Crippen LogP contribution is -2.48. The molecule has 0 aliphatic rings. The summed E-state index contributed by atoms with van der Waals surface area (Å²) in [6.07, 6.45) is -1.45. The van der Waals surface area contributed by atoms with Crippen LogP contribution in [0.3, 0.4) is 0 Å². The zero-order chi connectivity index (χ0) is 27.7. The van der Waals surface area contributed by atoms with Crippen LogP contribution in [0.15, 0.2) is 23.6 Å². The van der Waals surface area contributed by atoms with Crippen molar-refractivity contribution in [1.82, 2.24) is 15.2 Å². The van der Waals surface area contributed by atoms with Crippen LogP contribution in [0, 0.1) is 0 Å². The number of nitrogens with zero attached hydrogens (tertiary/aromatic N) is 2. The lowest BCUT2D eigenvalue weighted by molar-refractivity contribution is 0.0497. The molecule has 0 fully saturated rings. The molecule has 0 aliphatic heterocycles. The molecule has 0 bridgehead atoms. The molecule has 2 amide bonds. The van der Waals surface area contributed by atoms with Crippen LogP contribution in [0.4, 0.5) is 9.59 Å². The zero-order valence-corrected chi connectivity index (χ0v) is 24.5. The summed E-state index contributed by atoms with van der Waals surface area (Å²) in [6.45, 7) is 10.6. The highest BCUT2D eigenvalue weighted by Gasteiger charge is 2.33. The highest BCUT2D eigenvalue weighted by Crippen LogP contribution is 2.39. The molecule has 0 saturated heterocycles. The van der Waals surface area contributed by atoms with Crippen LogP contribution in [-0.4, -0.2) is 50.1 Å². The van der Waals surface area contributed by atoms with Crippen LogP contribution in [-0.2, 0) is 17.7 Å². The third-order valence-corrected chi connectivity index (χ3v) is 8.26. The van der Waals surface area contributed by atoms with E-state index in [9.17, 15) is 19.5 Å². The van der Waals surface area contributed by atoms with Gasteiger partial charge in [-0.15, -0.1) is 22.7 Å². The summed E-state index contributed by atoms with van der Waals surface area (Å²) in [5.74, 6) is -0.398. The van der Waals surface area contributed by atoms with Gasteiger partial charge in [-0.25, -0.2) is 14.6 Å². The number of pyridine rings is 1. The molecule has 0 aromatic carbocycles. The number of halogens is 2. The van der Waals surface area contributed by atoms with Crippen LogP contribution < -0.4 is 5.32 Å². The Morgan fingerprint density at radius 2 is 1.89 bits per heavy atom. The van der Waals surface area contributed by atoms with Crippen LogP contribution in [0.1, 0.15) is 61.7 Å². The number of carboxylic acid groups (broad SMARTS) is 1. The lowest BCUT2D eigenvalue weighted by Gasteiger charge is -2.36. The molecule has 8 nitrogen and oxygen atoms in total. The van der Waals surface area contributed by atoms with Gasteiger partial charge in [-0.2, -0.15) is 0 Å². The second-order valence-corrected chi connectivity index (χ2v) is 13.0. The third-order valence-electron chi connectivity index (χ3n) is 5.46. The maximum atomic E-state index is 13.2. The Morgan fingerprint density at radius 3 is 2.46 bits per heavy atom. The van der Waals surface area contributed by atoms with Gasteiger partial charge in [0.05, 0.1) is 27.2 Å². The minimum atomic E-state index is -1.04. The van der Waals surface area contributed by atoms with Gasteiger partial charge in [0, 0.05) is 10.4 Å². The fourth-order valence-corrected chi connectivity index (χ4v) is 6.25. The Bertz CT molecular complexity index is 1320. The Balaban J connectivity index is 1.93. The van der Waals surface area contributed by atoms with Gasteiger partial charge in [0.25, 0.3) is 0 Å². The highest BCUT2D eigenvalue weighted by molar-refractivity contribution is 7.21. The summed E-state index contributed by atoms with van der Waals surface area (Å²) in [6, 6.07) is 4.54. The van der Waals surface area contributed by atoms with E-state index < -0.39 is 35.2 Å². The average Bonchev–Trinajstić information content (AvgIpc) is 3.38. The predicted octanol–water partition coefficient (Wildman–Crippen LogP) is 7.26. The van der Waals surface area contributed by atoms with E-state index in [2.05, 4.69) is 10.3 Å². The minimum absolute atomic E-state index is 0.137. The van der Waals surface area contributed by atoms with Crippen molar-refractivity contribution in [3.05, 3.63) is 49.1 Å². The summed E-state index contributed by atoms with van der Waals surface area (Å²) < 4.78 is 5.87. The average molecular weight is 587 g/mol. The zero-order valence-electron chi connectivity index (χ0n) is 21.3. The Labute approximate surface area is 233 Å². The van der Waals surface area contributed by atoms with Gasteiger partial charge in [0.15, 0.2) is 5.78 Å². The number of fused-ring (bicyclic) bond motifs is 1. The van der Waals surface area contributed by atoms with E-state index in [0.29, 0.717) is 16.6 Å². The van der Waals surface area contributed by atoms with Crippen molar-refractivity contribution in [2.75, 3.05) is 0 Å². The first kappa shape index (κ1) is 29.2. The van der Waals surface area contributed by atoms with E-state index in [1.54, 1.807) is 33.8 Å². The van der Waals surface area contributed by atoms with E-state index >= 15 is 0 Å². The van der Waals surface area contributed by atoms with Crippen molar-refractivity contribution < 1.29 is 24.2 Å². The minimum Gasteiger partial charge on any atom is -0.465 e. The number of hydrogen-bond acceptors (Lipinski definition) is 7. The van der Waals surface area contributed by atoms with Crippen molar-refractivity contribution in [2.24, 2.45) is 0 Å². The fourth-order valence-electron chi connectivity index (χ4n) is 3.77. The molecule has 12 heteroatoms. The van der Waals surface area contributed by atoms with Gasteiger partial charge in [0.2, 0.25) is 0 Å². The van der Waals surface area contributed by atoms with E-state index in [1.807, 2.05) is 31.4 Å². The van der Waals surface area contributed by atoms with Crippen LogP contribution in [0.5, 0.6) is 0 Å². The standard InChI is InChI=1S/C25H29Cl2N3O5S2/c1-13(28-22(32)35-24(2,3)4)19(31)21-17(27)18-20(37-21)14(10-16(26)29-18)11-25(5,6)30(23(33)34)12-15-8-7-9-36-15/h7-10,13H,11-12H2,1-6H3,(H,28,32)(H,33,34)/t13-/m0/s1. The second-order valence-electron chi connectivity index (χ2n) is 10.2. The van der Waals surface area contributed by atoms with E-state index in [-0.39, 0.29) is 21.6 Å². The molecule has 0 spiro atoms. The molecule has 0 radical (unpaired) electrons. The smallest absolute Gasteiger partial charge is 0.408 e. The van der Waals surface area contributed by atoms with E-state index in [4.69, 9.17) is 27.9 Å². The topological polar surface area (TPSA) is 109 Å². The number of ketones is 1. The monoisotopic (exact) mass is 585 g/mol. The maximum Gasteiger partial charge on any atom is 0.408 e. The van der Waals surface area contributed by atoms with Crippen LogP contribution in [0.2, 0.25) is 10.2 Å². The number of aromatic nitrogens is 1. The van der Waals surface area contributed by atoms with Crippen molar-refractivity contribution in [2.45, 2.75) is 71.7 Å². The van der Waals surface area contributed by atoms with Crippen LogP contribution in [0.25, 0.3) is 10.2 Å². The number of nitrogens with one attached hydrogen (secondary N) is 1. The number of hydrogen-bond donors (Lipinski definition) is 2. The van der Waals surface area contributed by atoms with Crippen molar-refractivity contribution >= 4 is 74.1 Å². The second kappa shape index (κ2) is 11.1. The Kier molecular flexibility index (Phi) is 8.78. The molecular formula is C25H29Cl2N3O5S2. The number of thiophene rings is 2. The van der Waals surface area contributed by atoms with Gasteiger partial charge >= 0.3 is 12.2 Å². The van der Waals surface area contributed by atoms with Gasteiger partial charge in [-0.05, 0) is 71.0 Å². The van der Waals surface area contributed by atoms with Crippen LogP contribution >= 0.6 is 45.9 Å². The fraction of sp³-hybridized carbons (Fsp3) is 0.440. The maximum absolute atomic E-state index is 13.2.